The Morgan fingerprint density at radius 1 is 1.15 bits per heavy atom. The number of anilines is 2. The molecule has 0 amide bonds. The minimum Gasteiger partial charge on any atom is -0.487 e. The molecule has 0 saturated heterocycles. The molecule has 2 aromatic heterocycles. The Bertz CT molecular complexity index is 1330. The number of azide groups is 1. The molecule has 2 aromatic carbocycles. The Kier molecular flexibility index (Phi) is 8.08. The third-order valence-electron chi connectivity index (χ3n) is 4.93. The van der Waals surface area contributed by atoms with E-state index in [4.69, 9.17) is 26.9 Å². The highest BCUT2D eigenvalue weighted by atomic mass is 35.5. The molecule has 1 N–H and O–H groups in total. The van der Waals surface area contributed by atoms with Crippen LogP contribution in [-0.2, 0) is 13.0 Å². The Hall–Kier alpha value is -3.46. The summed E-state index contributed by atoms with van der Waals surface area (Å²) in [5, 5.41) is 8.22. The van der Waals surface area contributed by atoms with Crippen LogP contribution in [0.5, 0.6) is 5.75 Å². The summed E-state index contributed by atoms with van der Waals surface area (Å²) in [6, 6.07) is 11.6. The third-order valence-corrected chi connectivity index (χ3v) is 6.25. The fraction of sp³-hybridized carbons (Fsp3) is 0.261. The molecule has 0 radical (unpaired) electrons. The molecule has 0 unspecified atom stereocenters. The summed E-state index contributed by atoms with van der Waals surface area (Å²) in [6.07, 6.45) is 5.14. The predicted molar refractivity (Wildman–Crippen MR) is 132 cm³/mol. The van der Waals surface area contributed by atoms with Crippen molar-refractivity contribution in [2.24, 2.45) is 5.11 Å². The Morgan fingerprint density at radius 2 is 2.06 bits per heavy atom. The number of unbranched alkanes of at least 4 members (excludes halogenated alkanes) is 2. The van der Waals surface area contributed by atoms with Crippen molar-refractivity contribution in [3.63, 3.8) is 0 Å². The fourth-order valence-corrected chi connectivity index (χ4v) is 4.48. The molecule has 34 heavy (non-hydrogen) atoms. The Balaban J connectivity index is 1.40. The number of rotatable bonds is 11. The highest BCUT2D eigenvalue weighted by molar-refractivity contribution is 7.18. The molecule has 0 aliphatic heterocycles. The number of nitrogens with one attached hydrogen (secondary N) is 1. The van der Waals surface area contributed by atoms with Gasteiger partial charge in [0, 0.05) is 17.1 Å². The molecule has 2 heterocycles. The molecule has 0 fully saturated rings. The summed E-state index contributed by atoms with van der Waals surface area (Å²) in [5.41, 5.74) is 10.5. The number of hydrogen-bond acceptors (Lipinski definition) is 7. The summed E-state index contributed by atoms with van der Waals surface area (Å²) in [6.45, 7) is 0.733. The predicted octanol–water partition coefficient (Wildman–Crippen LogP) is 7.22. The summed E-state index contributed by atoms with van der Waals surface area (Å²) in [5.74, 6) is 0.791. The number of aryl methyl sites for hydroxylation is 1. The first-order chi connectivity index (χ1) is 16.6. The zero-order chi connectivity index (χ0) is 23.8. The second kappa shape index (κ2) is 11.6. The Morgan fingerprint density at radius 3 is 2.88 bits per heavy atom. The maximum Gasteiger partial charge on any atom is 0.161 e. The molecule has 0 saturated carbocycles. The monoisotopic (exact) mass is 497 g/mol. The standard InChI is InChI=1S/C23H21ClFN7OS/c24-18-12-17(8-9-19(18)33-13-15-5-4-6-16(25)11-15)30-22-21-23(28-14-27-22)34-20(31-21)7-2-1-3-10-29-32-26/h4-6,8-9,11-12,14H,1-3,7,10,13H2,(H,27,28,30). The normalized spacial score (nSPS) is 10.8. The largest absolute Gasteiger partial charge is 0.487 e. The zero-order valence-corrected chi connectivity index (χ0v) is 19.7. The van der Waals surface area contributed by atoms with Gasteiger partial charge >= 0.3 is 0 Å². The fourth-order valence-electron chi connectivity index (χ4n) is 3.30. The van der Waals surface area contributed by atoms with E-state index in [9.17, 15) is 4.39 Å². The summed E-state index contributed by atoms with van der Waals surface area (Å²) >= 11 is 7.95. The van der Waals surface area contributed by atoms with Gasteiger partial charge in [0.2, 0.25) is 0 Å². The van der Waals surface area contributed by atoms with E-state index < -0.39 is 0 Å². The SMILES string of the molecule is [N-]=[N+]=NCCCCCc1nc2c(Nc3ccc(OCc4cccc(F)c4)c(Cl)c3)ncnc2s1. The van der Waals surface area contributed by atoms with Gasteiger partial charge in [-0.2, -0.15) is 0 Å². The second-order valence-corrected chi connectivity index (χ2v) is 8.91. The van der Waals surface area contributed by atoms with E-state index in [0.29, 0.717) is 28.7 Å². The van der Waals surface area contributed by atoms with Gasteiger partial charge in [-0.1, -0.05) is 46.6 Å². The number of benzene rings is 2. The summed E-state index contributed by atoms with van der Waals surface area (Å²) in [4.78, 5) is 17.0. The lowest BCUT2D eigenvalue weighted by atomic mass is 10.2. The topological polar surface area (TPSA) is 109 Å². The van der Waals surface area contributed by atoms with Crippen molar-refractivity contribution in [1.29, 1.82) is 0 Å². The molecule has 0 bridgehead atoms. The van der Waals surface area contributed by atoms with Gasteiger partial charge in [-0.05, 0) is 60.7 Å². The van der Waals surface area contributed by atoms with Crippen LogP contribution in [0.1, 0.15) is 29.8 Å². The van der Waals surface area contributed by atoms with Gasteiger partial charge in [0.15, 0.2) is 5.82 Å². The van der Waals surface area contributed by atoms with E-state index in [-0.39, 0.29) is 12.4 Å². The van der Waals surface area contributed by atoms with Crippen LogP contribution in [0.2, 0.25) is 5.02 Å². The zero-order valence-electron chi connectivity index (χ0n) is 18.1. The van der Waals surface area contributed by atoms with Crippen LogP contribution in [0.4, 0.5) is 15.9 Å². The minimum absolute atomic E-state index is 0.212. The first-order valence-corrected chi connectivity index (χ1v) is 11.9. The molecule has 8 nitrogen and oxygen atoms in total. The smallest absolute Gasteiger partial charge is 0.161 e. The summed E-state index contributed by atoms with van der Waals surface area (Å²) < 4.78 is 19.1. The molecule has 174 valence electrons. The van der Waals surface area contributed by atoms with E-state index in [0.717, 1.165) is 46.8 Å². The van der Waals surface area contributed by atoms with Crippen molar-refractivity contribution >= 4 is 44.8 Å². The van der Waals surface area contributed by atoms with Crippen molar-refractivity contribution < 1.29 is 9.13 Å². The number of hydrogen-bond donors (Lipinski definition) is 1. The van der Waals surface area contributed by atoms with E-state index in [1.54, 1.807) is 35.6 Å². The number of halogens is 2. The van der Waals surface area contributed by atoms with E-state index in [1.807, 2.05) is 6.07 Å². The molecule has 4 rings (SSSR count). The minimum atomic E-state index is -0.307. The lowest BCUT2D eigenvalue weighted by Gasteiger charge is -2.11. The molecule has 0 atom stereocenters. The van der Waals surface area contributed by atoms with Gasteiger partial charge in [0.25, 0.3) is 0 Å². The average Bonchev–Trinajstić information content (AvgIpc) is 3.25. The van der Waals surface area contributed by atoms with Gasteiger partial charge in [0.05, 0.1) is 10.0 Å². The van der Waals surface area contributed by atoms with Crippen molar-refractivity contribution in [1.82, 2.24) is 15.0 Å². The number of nitrogens with zero attached hydrogens (tertiary/aromatic N) is 6. The van der Waals surface area contributed by atoms with Crippen molar-refractivity contribution in [2.75, 3.05) is 11.9 Å². The maximum absolute atomic E-state index is 13.3. The van der Waals surface area contributed by atoms with E-state index in [2.05, 4.69) is 25.3 Å². The van der Waals surface area contributed by atoms with Gasteiger partial charge in [-0.3, -0.25) is 0 Å². The van der Waals surface area contributed by atoms with Crippen LogP contribution in [-0.4, -0.2) is 21.5 Å². The van der Waals surface area contributed by atoms with Crippen molar-refractivity contribution in [2.45, 2.75) is 32.3 Å². The first-order valence-electron chi connectivity index (χ1n) is 10.7. The van der Waals surface area contributed by atoms with E-state index in [1.165, 1.54) is 18.5 Å². The third kappa shape index (κ3) is 6.32. The molecule has 0 aliphatic rings. The van der Waals surface area contributed by atoms with Gasteiger partial charge in [-0.15, -0.1) is 0 Å². The lowest BCUT2D eigenvalue weighted by Crippen LogP contribution is -1.98. The van der Waals surface area contributed by atoms with E-state index >= 15 is 0 Å². The van der Waals surface area contributed by atoms with Gasteiger partial charge in [-0.25, -0.2) is 19.3 Å². The average molecular weight is 498 g/mol. The molecule has 11 heteroatoms. The highest BCUT2D eigenvalue weighted by Gasteiger charge is 2.12. The first kappa shape index (κ1) is 23.7. The molecule has 0 aliphatic carbocycles. The van der Waals surface area contributed by atoms with Crippen LogP contribution in [0.25, 0.3) is 20.8 Å². The van der Waals surface area contributed by atoms with Crippen LogP contribution in [0.15, 0.2) is 53.9 Å². The number of thiazole rings is 1. The number of ether oxygens (including phenoxy) is 1. The maximum atomic E-state index is 13.3. The van der Waals surface area contributed by atoms with Crippen LogP contribution in [0, 0.1) is 5.82 Å². The van der Waals surface area contributed by atoms with Gasteiger partial charge < -0.3 is 10.1 Å². The second-order valence-electron chi connectivity index (χ2n) is 7.44. The number of aromatic nitrogens is 3. The van der Waals surface area contributed by atoms with Crippen molar-refractivity contribution in [3.05, 3.63) is 80.6 Å². The molecular weight excluding hydrogens is 477 g/mol. The Labute approximate surface area is 204 Å². The van der Waals surface area contributed by atoms with Crippen LogP contribution < -0.4 is 10.1 Å². The molecule has 4 aromatic rings. The van der Waals surface area contributed by atoms with Gasteiger partial charge in [0.1, 0.15) is 34.8 Å². The van der Waals surface area contributed by atoms with Crippen molar-refractivity contribution in [3.8, 4) is 5.75 Å². The van der Waals surface area contributed by atoms with Crippen LogP contribution in [0.3, 0.4) is 0 Å². The number of fused-ring (bicyclic) bond motifs is 1. The quantitative estimate of drug-likeness (QED) is 0.102. The summed E-state index contributed by atoms with van der Waals surface area (Å²) in [7, 11) is 0. The molecule has 0 spiro atoms. The molecular formula is C23H21ClFN7OS. The highest BCUT2D eigenvalue weighted by Crippen LogP contribution is 2.32. The lowest BCUT2D eigenvalue weighted by molar-refractivity contribution is 0.306. The van der Waals surface area contributed by atoms with Crippen LogP contribution >= 0.6 is 22.9 Å².